The number of aliphatic hydroxyl groups is 1. The molecule has 0 bridgehead atoms. The van der Waals surface area contributed by atoms with Gasteiger partial charge in [-0.3, -0.25) is 0 Å². The van der Waals surface area contributed by atoms with E-state index >= 15 is 0 Å². The topological polar surface area (TPSA) is 81.1 Å². The SMILES string of the molecule is CC(C(=O)O)N(C)C(=O)N1CCCCC1CCO. The molecular formula is C12H22N2O4. The summed E-state index contributed by atoms with van der Waals surface area (Å²) in [6.07, 6.45) is 3.41. The van der Waals surface area contributed by atoms with Crippen molar-refractivity contribution in [3.05, 3.63) is 0 Å². The number of likely N-dealkylation sites (N-methyl/N-ethyl adjacent to an activating group) is 1. The molecule has 0 aromatic heterocycles. The van der Waals surface area contributed by atoms with Crippen molar-refractivity contribution < 1.29 is 19.8 Å². The molecule has 1 aliphatic heterocycles. The third-order valence-electron chi connectivity index (χ3n) is 3.58. The zero-order valence-electron chi connectivity index (χ0n) is 11.0. The first-order valence-electron chi connectivity index (χ1n) is 6.36. The molecular weight excluding hydrogens is 236 g/mol. The lowest BCUT2D eigenvalue weighted by atomic mass is 10.00. The van der Waals surface area contributed by atoms with Crippen LogP contribution in [0.15, 0.2) is 0 Å². The van der Waals surface area contributed by atoms with E-state index in [1.54, 1.807) is 4.90 Å². The number of likely N-dealkylation sites (tertiary alicyclic amines) is 1. The minimum absolute atomic E-state index is 0.0275. The largest absolute Gasteiger partial charge is 0.480 e. The van der Waals surface area contributed by atoms with E-state index in [4.69, 9.17) is 10.2 Å². The zero-order valence-corrected chi connectivity index (χ0v) is 11.0. The number of aliphatic hydroxyl groups excluding tert-OH is 1. The van der Waals surface area contributed by atoms with E-state index in [1.807, 2.05) is 0 Å². The molecule has 0 spiro atoms. The number of nitrogens with zero attached hydrogens (tertiary/aromatic N) is 2. The van der Waals surface area contributed by atoms with Crippen LogP contribution in [0.5, 0.6) is 0 Å². The Labute approximate surface area is 107 Å². The minimum atomic E-state index is -1.01. The van der Waals surface area contributed by atoms with Crippen LogP contribution in [-0.2, 0) is 4.79 Å². The van der Waals surface area contributed by atoms with E-state index in [2.05, 4.69) is 0 Å². The van der Waals surface area contributed by atoms with Crippen LogP contribution in [0.4, 0.5) is 4.79 Å². The molecule has 2 atom stereocenters. The number of carboxylic acids is 1. The van der Waals surface area contributed by atoms with Gasteiger partial charge in [0, 0.05) is 26.2 Å². The van der Waals surface area contributed by atoms with Crippen molar-refractivity contribution in [3.8, 4) is 0 Å². The summed E-state index contributed by atoms with van der Waals surface area (Å²) in [5, 5.41) is 17.9. The quantitative estimate of drug-likeness (QED) is 0.779. The van der Waals surface area contributed by atoms with Gasteiger partial charge in [-0.1, -0.05) is 0 Å². The van der Waals surface area contributed by atoms with Crippen molar-refractivity contribution in [1.29, 1.82) is 0 Å². The smallest absolute Gasteiger partial charge is 0.326 e. The summed E-state index contributed by atoms with van der Waals surface area (Å²) in [6.45, 7) is 2.18. The molecule has 0 aromatic carbocycles. The maximum Gasteiger partial charge on any atom is 0.326 e. The highest BCUT2D eigenvalue weighted by molar-refractivity contribution is 5.82. The molecule has 0 aliphatic carbocycles. The third-order valence-corrected chi connectivity index (χ3v) is 3.58. The number of hydrogen-bond donors (Lipinski definition) is 2. The fourth-order valence-corrected chi connectivity index (χ4v) is 2.24. The molecule has 1 saturated heterocycles. The molecule has 0 aromatic rings. The Morgan fingerprint density at radius 1 is 1.44 bits per heavy atom. The van der Waals surface area contributed by atoms with E-state index in [0.717, 1.165) is 19.3 Å². The average Bonchev–Trinajstić information content (AvgIpc) is 2.37. The molecule has 1 rings (SSSR count). The number of urea groups is 1. The molecule has 0 radical (unpaired) electrons. The summed E-state index contributed by atoms with van der Waals surface area (Å²) in [5.41, 5.74) is 0. The molecule has 2 N–H and O–H groups in total. The molecule has 0 saturated carbocycles. The summed E-state index contributed by atoms with van der Waals surface area (Å²) >= 11 is 0. The standard InChI is InChI=1S/C12H22N2O4/c1-9(11(16)17)13(2)12(18)14-7-4-3-5-10(14)6-8-15/h9-10,15H,3-8H2,1-2H3,(H,16,17). The number of carbonyl (C=O) groups is 2. The Kier molecular flexibility index (Phi) is 5.40. The monoisotopic (exact) mass is 258 g/mol. The van der Waals surface area contributed by atoms with Crippen molar-refractivity contribution in [2.24, 2.45) is 0 Å². The van der Waals surface area contributed by atoms with Crippen LogP contribution in [0.2, 0.25) is 0 Å². The van der Waals surface area contributed by atoms with E-state index in [-0.39, 0.29) is 18.7 Å². The average molecular weight is 258 g/mol. The zero-order chi connectivity index (χ0) is 13.7. The molecule has 104 valence electrons. The van der Waals surface area contributed by atoms with E-state index in [0.29, 0.717) is 13.0 Å². The fourth-order valence-electron chi connectivity index (χ4n) is 2.24. The molecule has 18 heavy (non-hydrogen) atoms. The number of hydrogen-bond acceptors (Lipinski definition) is 3. The maximum absolute atomic E-state index is 12.2. The number of carboxylic acid groups (broad SMARTS) is 1. The van der Waals surface area contributed by atoms with Gasteiger partial charge in [-0.25, -0.2) is 9.59 Å². The predicted molar refractivity (Wildman–Crippen MR) is 66.3 cm³/mol. The second kappa shape index (κ2) is 6.58. The highest BCUT2D eigenvalue weighted by Gasteiger charge is 2.31. The van der Waals surface area contributed by atoms with Gasteiger partial charge in [-0.2, -0.15) is 0 Å². The number of carbonyl (C=O) groups excluding carboxylic acids is 1. The molecule has 1 fully saturated rings. The van der Waals surface area contributed by atoms with Crippen LogP contribution in [0, 0.1) is 0 Å². The van der Waals surface area contributed by atoms with Crippen molar-refractivity contribution in [2.75, 3.05) is 20.2 Å². The first kappa shape index (κ1) is 14.8. The lowest BCUT2D eigenvalue weighted by Gasteiger charge is -2.38. The lowest BCUT2D eigenvalue weighted by molar-refractivity contribution is -0.141. The Morgan fingerprint density at radius 3 is 2.67 bits per heavy atom. The van der Waals surface area contributed by atoms with E-state index < -0.39 is 12.0 Å². The Hall–Kier alpha value is -1.30. The summed E-state index contributed by atoms with van der Waals surface area (Å²) in [6, 6.07) is -1.07. The summed E-state index contributed by atoms with van der Waals surface area (Å²) in [5.74, 6) is -1.01. The van der Waals surface area contributed by atoms with Crippen LogP contribution in [0.1, 0.15) is 32.6 Å². The highest BCUT2D eigenvalue weighted by Crippen LogP contribution is 2.21. The van der Waals surface area contributed by atoms with Gasteiger partial charge in [0.2, 0.25) is 0 Å². The first-order chi connectivity index (χ1) is 8.49. The molecule has 2 unspecified atom stereocenters. The van der Waals surface area contributed by atoms with Crippen LogP contribution in [0.25, 0.3) is 0 Å². The van der Waals surface area contributed by atoms with Crippen LogP contribution in [-0.4, -0.2) is 64.3 Å². The van der Waals surface area contributed by atoms with Crippen molar-refractivity contribution in [3.63, 3.8) is 0 Å². The number of amides is 2. The Bertz CT molecular complexity index is 306. The van der Waals surface area contributed by atoms with Gasteiger partial charge < -0.3 is 20.0 Å². The number of piperidine rings is 1. The maximum atomic E-state index is 12.2. The second-order valence-electron chi connectivity index (χ2n) is 4.76. The van der Waals surface area contributed by atoms with Gasteiger partial charge in [-0.05, 0) is 32.6 Å². The molecule has 6 heteroatoms. The van der Waals surface area contributed by atoms with E-state index in [9.17, 15) is 9.59 Å². The first-order valence-corrected chi connectivity index (χ1v) is 6.36. The fraction of sp³-hybridized carbons (Fsp3) is 0.833. The van der Waals surface area contributed by atoms with Gasteiger partial charge in [0.25, 0.3) is 0 Å². The van der Waals surface area contributed by atoms with Gasteiger partial charge >= 0.3 is 12.0 Å². The van der Waals surface area contributed by atoms with Crippen LogP contribution < -0.4 is 0 Å². The van der Waals surface area contributed by atoms with Gasteiger partial charge in [-0.15, -0.1) is 0 Å². The number of aliphatic carboxylic acids is 1. The van der Waals surface area contributed by atoms with Gasteiger partial charge in [0.1, 0.15) is 6.04 Å². The van der Waals surface area contributed by atoms with Crippen molar-refractivity contribution >= 4 is 12.0 Å². The minimum Gasteiger partial charge on any atom is -0.480 e. The second-order valence-corrected chi connectivity index (χ2v) is 4.76. The number of rotatable bonds is 4. The third kappa shape index (κ3) is 3.35. The van der Waals surface area contributed by atoms with E-state index in [1.165, 1.54) is 18.9 Å². The van der Waals surface area contributed by atoms with Crippen molar-refractivity contribution in [2.45, 2.75) is 44.7 Å². The normalized spacial score (nSPS) is 21.5. The summed E-state index contributed by atoms with van der Waals surface area (Å²) in [4.78, 5) is 26.1. The molecule has 6 nitrogen and oxygen atoms in total. The van der Waals surface area contributed by atoms with Gasteiger partial charge in [0.15, 0.2) is 0 Å². The Balaban J connectivity index is 2.70. The lowest BCUT2D eigenvalue weighted by Crippen LogP contribution is -2.53. The molecule has 1 aliphatic rings. The van der Waals surface area contributed by atoms with Crippen LogP contribution in [0.3, 0.4) is 0 Å². The highest BCUT2D eigenvalue weighted by atomic mass is 16.4. The van der Waals surface area contributed by atoms with Crippen LogP contribution >= 0.6 is 0 Å². The van der Waals surface area contributed by atoms with Gasteiger partial charge in [0.05, 0.1) is 0 Å². The molecule has 2 amide bonds. The summed E-state index contributed by atoms with van der Waals surface area (Å²) < 4.78 is 0. The Morgan fingerprint density at radius 2 is 2.11 bits per heavy atom. The predicted octanol–water partition coefficient (Wildman–Crippen LogP) is 0.748. The van der Waals surface area contributed by atoms with Crippen molar-refractivity contribution in [1.82, 2.24) is 9.80 Å². The summed E-state index contributed by atoms with van der Waals surface area (Å²) in [7, 11) is 1.51. The molecule has 1 heterocycles.